The van der Waals surface area contributed by atoms with Crippen LogP contribution in [-0.4, -0.2) is 44.9 Å². The highest BCUT2D eigenvalue weighted by atomic mass is 16.2. The summed E-state index contributed by atoms with van der Waals surface area (Å²) in [5, 5.41) is 7.37. The molecule has 0 saturated carbocycles. The van der Waals surface area contributed by atoms with Crippen LogP contribution in [0, 0.1) is 0 Å². The molecule has 1 aromatic heterocycles. The molecule has 3 aromatic rings. The van der Waals surface area contributed by atoms with Gasteiger partial charge in [-0.3, -0.25) is 14.7 Å². The number of fused-ring (bicyclic) bond motifs is 2. The first-order chi connectivity index (χ1) is 14.2. The number of nitrogens with zero attached hydrogens (tertiary/aromatic N) is 3. The normalized spacial score (nSPS) is 15.6. The van der Waals surface area contributed by atoms with Crippen LogP contribution in [0.3, 0.4) is 0 Å². The quantitative estimate of drug-likeness (QED) is 0.736. The molecule has 0 fully saturated rings. The van der Waals surface area contributed by atoms with Gasteiger partial charge in [0, 0.05) is 42.9 Å². The Kier molecular flexibility index (Phi) is 4.39. The van der Waals surface area contributed by atoms with Crippen molar-refractivity contribution in [3.63, 3.8) is 0 Å². The second-order valence-corrected chi connectivity index (χ2v) is 7.62. The number of benzene rings is 2. The van der Waals surface area contributed by atoms with Gasteiger partial charge < -0.3 is 9.80 Å². The lowest BCUT2D eigenvalue weighted by Crippen LogP contribution is -2.39. The van der Waals surface area contributed by atoms with Gasteiger partial charge in [-0.05, 0) is 29.7 Å². The fourth-order valence-electron chi connectivity index (χ4n) is 4.23. The number of aromatic amines is 1. The average Bonchev–Trinajstić information content (AvgIpc) is 3.21. The molecule has 6 nitrogen and oxygen atoms in total. The van der Waals surface area contributed by atoms with E-state index in [9.17, 15) is 9.59 Å². The summed E-state index contributed by atoms with van der Waals surface area (Å²) in [7, 11) is 0. The Morgan fingerprint density at radius 3 is 2.31 bits per heavy atom. The van der Waals surface area contributed by atoms with Crippen LogP contribution in [0.5, 0.6) is 0 Å². The molecule has 3 heterocycles. The van der Waals surface area contributed by atoms with E-state index in [4.69, 9.17) is 0 Å². The van der Waals surface area contributed by atoms with Crippen molar-refractivity contribution in [2.75, 3.05) is 13.1 Å². The van der Waals surface area contributed by atoms with Gasteiger partial charge in [0.2, 0.25) is 0 Å². The first kappa shape index (κ1) is 17.7. The van der Waals surface area contributed by atoms with Crippen molar-refractivity contribution in [2.45, 2.75) is 25.9 Å². The third-order valence-corrected chi connectivity index (χ3v) is 5.86. The van der Waals surface area contributed by atoms with Crippen LogP contribution in [0.1, 0.15) is 43.2 Å². The minimum Gasteiger partial charge on any atom is -0.334 e. The molecule has 29 heavy (non-hydrogen) atoms. The first-order valence-electron chi connectivity index (χ1n) is 9.97. The minimum atomic E-state index is -0.0639. The summed E-state index contributed by atoms with van der Waals surface area (Å²) in [5.41, 5.74) is 5.43. The van der Waals surface area contributed by atoms with Crippen LogP contribution in [0.15, 0.2) is 54.6 Å². The molecule has 0 saturated heterocycles. The van der Waals surface area contributed by atoms with E-state index in [1.54, 1.807) is 4.90 Å². The van der Waals surface area contributed by atoms with Crippen molar-refractivity contribution >= 4 is 11.8 Å². The first-order valence-corrected chi connectivity index (χ1v) is 9.97. The van der Waals surface area contributed by atoms with Crippen LogP contribution >= 0.6 is 0 Å². The largest absolute Gasteiger partial charge is 0.334 e. The van der Waals surface area contributed by atoms with Crippen molar-refractivity contribution in [1.29, 1.82) is 0 Å². The van der Waals surface area contributed by atoms with Crippen molar-refractivity contribution in [1.82, 2.24) is 20.0 Å². The lowest BCUT2D eigenvalue weighted by molar-refractivity contribution is 0.0703. The Labute approximate surface area is 169 Å². The molecule has 2 aliphatic rings. The molecule has 146 valence electrons. The lowest BCUT2D eigenvalue weighted by atomic mass is 9.99. The Hall–Kier alpha value is -3.41. The molecule has 0 aliphatic carbocycles. The van der Waals surface area contributed by atoms with E-state index in [2.05, 4.69) is 22.3 Å². The molecule has 0 radical (unpaired) electrons. The summed E-state index contributed by atoms with van der Waals surface area (Å²) in [6.45, 7) is 2.31. The summed E-state index contributed by atoms with van der Waals surface area (Å²) in [5.74, 6) is -0.0752. The maximum Gasteiger partial charge on any atom is 0.275 e. The standard InChI is InChI=1S/C23H22N4O2/c28-22(17-7-2-1-3-8-17)27-13-11-20-19(15-27)21(25-24-20)23(29)26-12-10-16-6-4-5-9-18(16)14-26/h1-9H,10-15H2,(H,24,25). The zero-order valence-corrected chi connectivity index (χ0v) is 16.1. The highest BCUT2D eigenvalue weighted by molar-refractivity contribution is 5.96. The summed E-state index contributed by atoms with van der Waals surface area (Å²) in [6.07, 6.45) is 1.53. The molecule has 0 unspecified atom stereocenters. The van der Waals surface area contributed by atoms with Gasteiger partial charge in [0.05, 0.1) is 6.54 Å². The summed E-state index contributed by atoms with van der Waals surface area (Å²) in [4.78, 5) is 29.7. The number of hydrogen-bond donors (Lipinski definition) is 1. The molecule has 2 amide bonds. The predicted octanol–water partition coefficient (Wildman–Crippen LogP) is 2.81. The molecule has 6 heteroatoms. The number of hydrogen-bond acceptors (Lipinski definition) is 3. The second-order valence-electron chi connectivity index (χ2n) is 7.62. The van der Waals surface area contributed by atoms with Gasteiger partial charge >= 0.3 is 0 Å². The maximum atomic E-state index is 13.2. The molecule has 1 N–H and O–H groups in total. The third-order valence-electron chi connectivity index (χ3n) is 5.86. The monoisotopic (exact) mass is 386 g/mol. The lowest BCUT2D eigenvalue weighted by Gasteiger charge is -2.30. The number of amides is 2. The van der Waals surface area contributed by atoms with E-state index in [1.165, 1.54) is 11.1 Å². The van der Waals surface area contributed by atoms with Gasteiger partial charge in [-0.15, -0.1) is 0 Å². The molecular weight excluding hydrogens is 364 g/mol. The number of aromatic nitrogens is 2. The highest BCUT2D eigenvalue weighted by Gasteiger charge is 2.31. The Morgan fingerprint density at radius 2 is 1.48 bits per heavy atom. The molecule has 0 atom stereocenters. The maximum absolute atomic E-state index is 13.2. The molecule has 2 aromatic carbocycles. The Bertz CT molecular complexity index is 1070. The van der Waals surface area contributed by atoms with Gasteiger partial charge in [0.1, 0.15) is 0 Å². The third kappa shape index (κ3) is 3.20. The number of carbonyl (C=O) groups excluding carboxylic acids is 2. The molecule has 2 aliphatic heterocycles. The Balaban J connectivity index is 1.37. The molecule has 0 bridgehead atoms. The predicted molar refractivity (Wildman–Crippen MR) is 108 cm³/mol. The van der Waals surface area contributed by atoms with Crippen LogP contribution in [0.4, 0.5) is 0 Å². The van der Waals surface area contributed by atoms with E-state index in [-0.39, 0.29) is 11.8 Å². The summed E-state index contributed by atoms with van der Waals surface area (Å²) in [6, 6.07) is 17.5. The van der Waals surface area contributed by atoms with Gasteiger partial charge in [0.15, 0.2) is 5.69 Å². The fourth-order valence-corrected chi connectivity index (χ4v) is 4.23. The number of H-pyrrole nitrogens is 1. The van der Waals surface area contributed by atoms with Crippen LogP contribution < -0.4 is 0 Å². The molecule has 0 spiro atoms. The molecule has 5 rings (SSSR count). The van der Waals surface area contributed by atoms with Crippen LogP contribution in [0.25, 0.3) is 0 Å². The number of carbonyl (C=O) groups is 2. The van der Waals surface area contributed by atoms with Crippen molar-refractivity contribution in [3.8, 4) is 0 Å². The van der Waals surface area contributed by atoms with Gasteiger partial charge in [-0.1, -0.05) is 42.5 Å². The van der Waals surface area contributed by atoms with E-state index < -0.39 is 0 Å². The Morgan fingerprint density at radius 1 is 0.793 bits per heavy atom. The van der Waals surface area contributed by atoms with Crippen LogP contribution in [0.2, 0.25) is 0 Å². The zero-order chi connectivity index (χ0) is 19.8. The van der Waals surface area contributed by atoms with Gasteiger partial charge in [-0.2, -0.15) is 5.10 Å². The van der Waals surface area contributed by atoms with Crippen molar-refractivity contribution < 1.29 is 9.59 Å². The topological polar surface area (TPSA) is 69.3 Å². The van der Waals surface area contributed by atoms with Crippen molar-refractivity contribution in [2.24, 2.45) is 0 Å². The number of rotatable bonds is 2. The number of nitrogens with one attached hydrogen (secondary N) is 1. The smallest absolute Gasteiger partial charge is 0.275 e. The summed E-state index contributed by atoms with van der Waals surface area (Å²) >= 11 is 0. The van der Waals surface area contributed by atoms with Crippen molar-refractivity contribution in [3.05, 3.63) is 88.2 Å². The SMILES string of the molecule is O=C(c1ccccc1)N1CCc2[nH]nc(C(=O)N3CCc4ccccc4C3)c2C1. The van der Waals surface area contributed by atoms with Crippen LogP contribution in [-0.2, 0) is 25.9 Å². The average molecular weight is 386 g/mol. The van der Waals surface area contributed by atoms with Gasteiger partial charge in [0.25, 0.3) is 11.8 Å². The highest BCUT2D eigenvalue weighted by Crippen LogP contribution is 2.25. The van der Waals surface area contributed by atoms with E-state index in [1.807, 2.05) is 47.4 Å². The van der Waals surface area contributed by atoms with E-state index in [0.717, 1.165) is 17.7 Å². The minimum absolute atomic E-state index is 0.0113. The second kappa shape index (κ2) is 7.20. The molecular formula is C23H22N4O2. The van der Waals surface area contributed by atoms with E-state index in [0.29, 0.717) is 43.9 Å². The van der Waals surface area contributed by atoms with E-state index >= 15 is 0 Å². The fraction of sp³-hybridized carbons (Fsp3) is 0.261. The summed E-state index contributed by atoms with van der Waals surface area (Å²) < 4.78 is 0. The van der Waals surface area contributed by atoms with Gasteiger partial charge in [-0.25, -0.2) is 0 Å². The zero-order valence-electron chi connectivity index (χ0n) is 16.1.